The lowest BCUT2D eigenvalue weighted by Crippen LogP contribution is -2.40. The molecule has 184 valence electrons. The lowest BCUT2D eigenvalue weighted by atomic mass is 9.94. The fourth-order valence-electron chi connectivity index (χ4n) is 4.57. The van der Waals surface area contributed by atoms with E-state index in [1.807, 2.05) is 53.4 Å². The molecule has 0 radical (unpaired) electrons. The van der Waals surface area contributed by atoms with Crippen LogP contribution < -0.4 is 0 Å². The summed E-state index contributed by atoms with van der Waals surface area (Å²) in [6.07, 6.45) is 7.25. The van der Waals surface area contributed by atoms with Gasteiger partial charge in [-0.3, -0.25) is 9.69 Å². The van der Waals surface area contributed by atoms with Crippen LogP contribution in [0.5, 0.6) is 0 Å². The zero-order chi connectivity index (χ0) is 24.9. The average molecular weight is 501 g/mol. The number of furan rings is 1. The van der Waals surface area contributed by atoms with Crippen molar-refractivity contribution in [2.75, 3.05) is 6.61 Å². The molecular weight excluding hydrogens is 472 g/mol. The van der Waals surface area contributed by atoms with Crippen LogP contribution in [0.4, 0.5) is 5.69 Å². The molecule has 0 spiro atoms. The zero-order valence-electron chi connectivity index (χ0n) is 20.2. The van der Waals surface area contributed by atoms with Crippen LogP contribution in [0.15, 0.2) is 81.0 Å². The number of rotatable bonds is 6. The van der Waals surface area contributed by atoms with E-state index in [2.05, 4.69) is 0 Å². The Kier molecular flexibility index (Phi) is 7.37. The first-order valence-corrected chi connectivity index (χ1v) is 13.2. The monoisotopic (exact) mass is 500 g/mol. The topological polar surface area (TPSA) is 72.1 Å². The number of amides is 1. The number of ether oxygens (including phenoxy) is 1. The number of hydrogen-bond acceptors (Lipinski definition) is 6. The summed E-state index contributed by atoms with van der Waals surface area (Å²) in [5, 5.41) is 0.721. The highest BCUT2D eigenvalue weighted by Gasteiger charge is 2.38. The molecule has 1 amide bonds. The highest BCUT2D eigenvalue weighted by molar-refractivity contribution is 8.18. The van der Waals surface area contributed by atoms with Crippen LogP contribution in [0, 0.1) is 0 Å². The lowest BCUT2D eigenvalue weighted by molar-refractivity contribution is -0.124. The smallest absolute Gasteiger partial charge is 0.338 e. The lowest BCUT2D eigenvalue weighted by Gasteiger charge is -2.30. The summed E-state index contributed by atoms with van der Waals surface area (Å²) in [6, 6.07) is 20.7. The van der Waals surface area contributed by atoms with Crippen LogP contribution in [0.1, 0.15) is 55.1 Å². The maximum atomic E-state index is 13.5. The van der Waals surface area contributed by atoms with Gasteiger partial charge in [0, 0.05) is 17.7 Å². The fourth-order valence-corrected chi connectivity index (χ4v) is 5.61. The van der Waals surface area contributed by atoms with E-state index in [1.54, 1.807) is 31.2 Å². The number of nitrogens with zero attached hydrogens (tertiary/aromatic N) is 2. The highest BCUT2D eigenvalue weighted by atomic mass is 32.2. The first kappa shape index (κ1) is 24.1. The Morgan fingerprint density at radius 2 is 1.89 bits per heavy atom. The van der Waals surface area contributed by atoms with Gasteiger partial charge < -0.3 is 9.15 Å². The van der Waals surface area contributed by atoms with Gasteiger partial charge in [-0.25, -0.2) is 9.79 Å². The highest BCUT2D eigenvalue weighted by Crippen LogP contribution is 2.39. The van der Waals surface area contributed by atoms with E-state index in [1.165, 1.54) is 18.2 Å². The number of esters is 1. The van der Waals surface area contributed by atoms with Gasteiger partial charge in [-0.1, -0.05) is 49.6 Å². The number of benzene rings is 2. The molecule has 2 fully saturated rings. The molecule has 3 aromatic rings. The van der Waals surface area contributed by atoms with Crippen LogP contribution in [-0.2, 0) is 9.53 Å². The van der Waals surface area contributed by atoms with Gasteiger partial charge in [0.25, 0.3) is 5.91 Å². The standard InChI is InChI=1S/C29H28N2O4S/c1-2-34-28(33)21-11-9-10-20(18-21)25-17-16-24(35-25)19-26-27(32)31(23-14-7-4-8-15-23)29(36-26)30-22-12-5-3-6-13-22/h3,5-6,9-13,16-19,23H,2,4,7-8,14-15H2,1H3/b26-19-,30-29?. The Hall–Kier alpha value is -3.58. The Balaban J connectivity index is 1.42. The van der Waals surface area contributed by atoms with Crippen molar-refractivity contribution >= 4 is 40.6 Å². The second-order valence-electron chi connectivity index (χ2n) is 8.81. The number of aliphatic imine (C=N–C) groups is 1. The molecule has 0 bridgehead atoms. The molecule has 5 rings (SSSR count). The maximum absolute atomic E-state index is 13.5. The third kappa shape index (κ3) is 5.31. The van der Waals surface area contributed by atoms with Crippen LogP contribution >= 0.6 is 11.8 Å². The number of carbonyl (C=O) groups is 2. The molecule has 0 N–H and O–H groups in total. The number of amidine groups is 1. The van der Waals surface area contributed by atoms with Gasteiger partial charge >= 0.3 is 5.97 Å². The largest absolute Gasteiger partial charge is 0.462 e. The van der Waals surface area contributed by atoms with Gasteiger partial charge in [0.05, 0.1) is 22.8 Å². The van der Waals surface area contributed by atoms with E-state index in [4.69, 9.17) is 14.1 Å². The molecular formula is C29H28N2O4S. The number of thioether (sulfide) groups is 1. The Morgan fingerprint density at radius 1 is 1.08 bits per heavy atom. The van der Waals surface area contributed by atoms with Gasteiger partial charge in [-0.15, -0.1) is 0 Å². The molecule has 0 unspecified atom stereocenters. The molecule has 1 saturated carbocycles. The molecule has 2 aliphatic rings. The minimum atomic E-state index is -0.366. The zero-order valence-corrected chi connectivity index (χ0v) is 21.0. The first-order chi connectivity index (χ1) is 17.6. The Labute approximate surface area is 215 Å². The number of para-hydroxylation sites is 1. The van der Waals surface area contributed by atoms with Crippen molar-refractivity contribution in [3.8, 4) is 11.3 Å². The Morgan fingerprint density at radius 3 is 2.67 bits per heavy atom. The normalized spacial score (nSPS) is 18.8. The Bertz CT molecular complexity index is 1310. The summed E-state index contributed by atoms with van der Waals surface area (Å²) in [4.78, 5) is 32.9. The van der Waals surface area contributed by atoms with E-state index in [9.17, 15) is 9.59 Å². The summed E-state index contributed by atoms with van der Waals surface area (Å²) in [7, 11) is 0. The van der Waals surface area contributed by atoms with Crippen LogP contribution in [0.3, 0.4) is 0 Å². The van der Waals surface area contributed by atoms with Gasteiger partial charge in [-0.2, -0.15) is 0 Å². The van der Waals surface area contributed by atoms with E-state index >= 15 is 0 Å². The second kappa shape index (κ2) is 11.0. The van der Waals surface area contributed by atoms with Crippen molar-refractivity contribution in [2.24, 2.45) is 4.99 Å². The molecule has 1 aliphatic carbocycles. The van der Waals surface area contributed by atoms with Crippen LogP contribution in [0.25, 0.3) is 17.4 Å². The van der Waals surface area contributed by atoms with Crippen molar-refractivity contribution in [2.45, 2.75) is 45.1 Å². The van der Waals surface area contributed by atoms with Gasteiger partial charge in [-0.05, 0) is 67.9 Å². The molecule has 1 aliphatic heterocycles. The van der Waals surface area contributed by atoms with Crippen LogP contribution in [-0.4, -0.2) is 34.6 Å². The van der Waals surface area contributed by atoms with Gasteiger partial charge in [0.1, 0.15) is 11.5 Å². The molecule has 1 saturated heterocycles. The van der Waals surface area contributed by atoms with Gasteiger partial charge in [0.2, 0.25) is 0 Å². The maximum Gasteiger partial charge on any atom is 0.338 e. The van der Waals surface area contributed by atoms with Crippen molar-refractivity contribution in [1.82, 2.24) is 4.90 Å². The predicted octanol–water partition coefficient (Wildman–Crippen LogP) is 7.06. The summed E-state index contributed by atoms with van der Waals surface area (Å²) in [5.41, 5.74) is 2.07. The number of hydrogen-bond donors (Lipinski definition) is 0. The number of carbonyl (C=O) groups excluding carboxylic acids is 2. The molecule has 7 heteroatoms. The SMILES string of the molecule is CCOC(=O)c1cccc(-c2ccc(/C=C3\SC(=Nc4ccccc4)N(C4CCCCC4)C3=O)o2)c1. The molecule has 1 aromatic heterocycles. The van der Waals surface area contributed by atoms with E-state index in [0.717, 1.165) is 42.1 Å². The molecule has 0 atom stereocenters. The van der Waals surface area contributed by atoms with Crippen molar-refractivity contribution in [1.29, 1.82) is 0 Å². The molecule has 2 aromatic carbocycles. The summed E-state index contributed by atoms with van der Waals surface area (Å²) in [6.45, 7) is 2.10. The van der Waals surface area contributed by atoms with E-state index in [-0.39, 0.29) is 17.9 Å². The van der Waals surface area contributed by atoms with Gasteiger partial charge in [0.15, 0.2) is 5.17 Å². The third-order valence-electron chi connectivity index (χ3n) is 6.32. The van der Waals surface area contributed by atoms with Crippen molar-refractivity contribution in [3.05, 3.63) is 83.0 Å². The molecule has 36 heavy (non-hydrogen) atoms. The minimum absolute atomic E-state index is 0.0242. The summed E-state index contributed by atoms with van der Waals surface area (Å²) >= 11 is 1.39. The minimum Gasteiger partial charge on any atom is -0.462 e. The first-order valence-electron chi connectivity index (χ1n) is 12.4. The summed E-state index contributed by atoms with van der Waals surface area (Å²) in [5.74, 6) is 0.802. The van der Waals surface area contributed by atoms with Crippen LogP contribution in [0.2, 0.25) is 0 Å². The van der Waals surface area contributed by atoms with E-state index in [0.29, 0.717) is 28.6 Å². The average Bonchev–Trinajstić information content (AvgIpc) is 3.50. The molecule has 2 heterocycles. The van der Waals surface area contributed by atoms with Crippen molar-refractivity contribution in [3.63, 3.8) is 0 Å². The fraction of sp³-hybridized carbons (Fsp3) is 0.276. The quantitative estimate of drug-likeness (QED) is 0.268. The third-order valence-corrected chi connectivity index (χ3v) is 7.30. The predicted molar refractivity (Wildman–Crippen MR) is 143 cm³/mol. The van der Waals surface area contributed by atoms with E-state index < -0.39 is 0 Å². The molecule has 6 nitrogen and oxygen atoms in total. The second-order valence-corrected chi connectivity index (χ2v) is 9.82. The van der Waals surface area contributed by atoms with Crippen molar-refractivity contribution < 1.29 is 18.7 Å². The summed E-state index contributed by atoms with van der Waals surface area (Å²) < 4.78 is 11.2.